The Labute approximate surface area is 131 Å². The molecule has 0 amide bonds. The molecule has 1 saturated heterocycles. The Hall–Kier alpha value is -1.23. The first-order valence-corrected chi connectivity index (χ1v) is 8.47. The van der Waals surface area contributed by atoms with Crippen molar-refractivity contribution in [3.63, 3.8) is 0 Å². The van der Waals surface area contributed by atoms with Gasteiger partial charge in [-0.15, -0.1) is 11.3 Å². The van der Waals surface area contributed by atoms with Gasteiger partial charge in [-0.3, -0.25) is 14.8 Å². The van der Waals surface area contributed by atoms with Gasteiger partial charge in [0.15, 0.2) is 0 Å². The van der Waals surface area contributed by atoms with Gasteiger partial charge in [-0.2, -0.15) is 0 Å². The molecule has 2 aromatic heterocycles. The molecular weight excluding hydrogens is 278 g/mol. The normalized spacial score (nSPS) is 16.3. The van der Waals surface area contributed by atoms with Crippen LogP contribution in [0.4, 0.5) is 0 Å². The maximum absolute atomic E-state index is 4.09. The van der Waals surface area contributed by atoms with Gasteiger partial charge in [0.05, 0.1) is 0 Å². The molecular formula is C17H23N3S. The largest absolute Gasteiger partial charge is 0.295 e. The smallest absolute Gasteiger partial charge is 0.0354 e. The van der Waals surface area contributed by atoms with Crippen LogP contribution in [0.3, 0.4) is 0 Å². The Balaban J connectivity index is 1.49. The molecule has 0 radical (unpaired) electrons. The molecule has 0 atom stereocenters. The number of nitrogens with zero attached hydrogens (tertiary/aromatic N) is 3. The summed E-state index contributed by atoms with van der Waals surface area (Å²) >= 11 is 1.92. The molecule has 3 nitrogen and oxygen atoms in total. The molecule has 3 rings (SSSR count). The predicted molar refractivity (Wildman–Crippen MR) is 88.4 cm³/mol. The van der Waals surface area contributed by atoms with Crippen molar-refractivity contribution in [3.05, 3.63) is 52.0 Å². The van der Waals surface area contributed by atoms with Crippen molar-refractivity contribution in [2.75, 3.05) is 19.6 Å². The van der Waals surface area contributed by atoms with Crippen molar-refractivity contribution in [2.45, 2.75) is 33.0 Å². The van der Waals surface area contributed by atoms with Crippen molar-refractivity contribution < 1.29 is 0 Å². The lowest BCUT2D eigenvalue weighted by Crippen LogP contribution is -2.58. The van der Waals surface area contributed by atoms with Crippen molar-refractivity contribution in [1.29, 1.82) is 0 Å². The molecule has 1 fully saturated rings. The first-order chi connectivity index (χ1) is 10.2. The number of rotatable bonds is 6. The topological polar surface area (TPSA) is 19.4 Å². The third-order valence-electron chi connectivity index (χ3n) is 4.17. The molecule has 0 aromatic carbocycles. The van der Waals surface area contributed by atoms with E-state index in [4.69, 9.17) is 0 Å². The van der Waals surface area contributed by atoms with Crippen molar-refractivity contribution in [2.24, 2.45) is 0 Å². The second kappa shape index (κ2) is 6.69. The SMILES string of the molecule is CCN(Cc1ccncc1)C1CN(Cc2ccc(C)s2)C1. The molecule has 4 heteroatoms. The first kappa shape index (κ1) is 14.7. The highest BCUT2D eigenvalue weighted by atomic mass is 32.1. The van der Waals surface area contributed by atoms with E-state index in [-0.39, 0.29) is 0 Å². The zero-order chi connectivity index (χ0) is 14.7. The summed E-state index contributed by atoms with van der Waals surface area (Å²) in [6.07, 6.45) is 3.77. The average Bonchev–Trinajstić information content (AvgIpc) is 2.87. The van der Waals surface area contributed by atoms with Gasteiger partial charge in [0.1, 0.15) is 0 Å². The van der Waals surface area contributed by atoms with Crippen LogP contribution in [0.25, 0.3) is 0 Å². The summed E-state index contributed by atoms with van der Waals surface area (Å²) < 4.78 is 0. The highest BCUT2D eigenvalue weighted by Crippen LogP contribution is 2.23. The minimum Gasteiger partial charge on any atom is -0.295 e. The number of hydrogen-bond donors (Lipinski definition) is 0. The zero-order valence-electron chi connectivity index (χ0n) is 12.8. The summed E-state index contributed by atoms with van der Waals surface area (Å²) in [5.41, 5.74) is 1.36. The van der Waals surface area contributed by atoms with Crippen LogP contribution in [-0.2, 0) is 13.1 Å². The summed E-state index contributed by atoms with van der Waals surface area (Å²) in [5, 5.41) is 0. The standard InChI is InChI=1S/C17H23N3S/c1-3-20(10-15-6-8-18-9-7-15)16-11-19(12-16)13-17-5-4-14(2)21-17/h4-9,16H,3,10-13H2,1-2H3. The molecule has 0 N–H and O–H groups in total. The van der Waals surface area contributed by atoms with Gasteiger partial charge in [0.2, 0.25) is 0 Å². The fourth-order valence-corrected chi connectivity index (χ4v) is 3.85. The van der Waals surface area contributed by atoms with Crippen molar-refractivity contribution >= 4 is 11.3 Å². The van der Waals surface area contributed by atoms with E-state index in [0.29, 0.717) is 6.04 Å². The number of aromatic nitrogens is 1. The van der Waals surface area contributed by atoms with Crippen LogP contribution in [0.1, 0.15) is 22.2 Å². The number of aryl methyl sites for hydroxylation is 1. The van der Waals surface area contributed by atoms with E-state index in [0.717, 1.165) is 19.6 Å². The average molecular weight is 301 g/mol. The van der Waals surface area contributed by atoms with Crippen LogP contribution in [-0.4, -0.2) is 40.5 Å². The van der Waals surface area contributed by atoms with Gasteiger partial charge < -0.3 is 0 Å². The van der Waals surface area contributed by atoms with E-state index in [1.165, 1.54) is 28.4 Å². The summed E-state index contributed by atoms with van der Waals surface area (Å²) in [7, 11) is 0. The summed E-state index contributed by atoms with van der Waals surface area (Å²) in [4.78, 5) is 12.1. The van der Waals surface area contributed by atoms with Gasteiger partial charge in [-0.05, 0) is 43.3 Å². The minimum atomic E-state index is 0.698. The Bertz CT molecular complexity index is 560. The molecule has 1 aliphatic heterocycles. The number of likely N-dealkylation sites (tertiary alicyclic amines) is 1. The molecule has 0 saturated carbocycles. The fraction of sp³-hybridized carbons (Fsp3) is 0.471. The second-order valence-electron chi connectivity index (χ2n) is 5.78. The number of hydrogen-bond acceptors (Lipinski definition) is 4. The lowest BCUT2D eigenvalue weighted by molar-refractivity contribution is 0.0275. The molecule has 21 heavy (non-hydrogen) atoms. The van der Waals surface area contributed by atoms with Crippen LogP contribution in [0.5, 0.6) is 0 Å². The van der Waals surface area contributed by atoms with Crippen LogP contribution in [0.2, 0.25) is 0 Å². The molecule has 112 valence electrons. The summed E-state index contributed by atoms with van der Waals surface area (Å²) in [6, 6.07) is 9.42. The fourth-order valence-electron chi connectivity index (χ4n) is 2.91. The van der Waals surface area contributed by atoms with E-state index >= 15 is 0 Å². The van der Waals surface area contributed by atoms with Crippen LogP contribution in [0, 0.1) is 6.92 Å². The van der Waals surface area contributed by atoms with Crippen LogP contribution in [0.15, 0.2) is 36.7 Å². The van der Waals surface area contributed by atoms with Crippen LogP contribution >= 0.6 is 11.3 Å². The molecule has 2 aromatic rings. The van der Waals surface area contributed by atoms with Gasteiger partial charge in [-0.1, -0.05) is 6.92 Å². The van der Waals surface area contributed by atoms with E-state index in [2.05, 4.69) is 52.9 Å². The van der Waals surface area contributed by atoms with E-state index in [1.54, 1.807) is 0 Å². The Morgan fingerprint density at radius 3 is 2.62 bits per heavy atom. The predicted octanol–water partition coefficient (Wildman–Crippen LogP) is 3.16. The molecule has 0 aliphatic carbocycles. The third kappa shape index (κ3) is 3.70. The maximum Gasteiger partial charge on any atom is 0.0354 e. The highest BCUT2D eigenvalue weighted by molar-refractivity contribution is 7.11. The monoisotopic (exact) mass is 301 g/mol. The van der Waals surface area contributed by atoms with Crippen molar-refractivity contribution in [1.82, 2.24) is 14.8 Å². The molecule has 0 spiro atoms. The van der Waals surface area contributed by atoms with E-state index in [1.807, 2.05) is 23.7 Å². The van der Waals surface area contributed by atoms with Gasteiger partial charge in [0, 0.05) is 54.4 Å². The van der Waals surface area contributed by atoms with Crippen molar-refractivity contribution in [3.8, 4) is 0 Å². The first-order valence-electron chi connectivity index (χ1n) is 7.65. The second-order valence-corrected chi connectivity index (χ2v) is 7.15. The number of likely N-dealkylation sites (N-methyl/N-ethyl adjacent to an activating group) is 1. The van der Waals surface area contributed by atoms with E-state index in [9.17, 15) is 0 Å². The number of thiophene rings is 1. The van der Waals surface area contributed by atoms with Gasteiger partial charge in [0.25, 0.3) is 0 Å². The zero-order valence-corrected chi connectivity index (χ0v) is 13.6. The van der Waals surface area contributed by atoms with Gasteiger partial charge in [-0.25, -0.2) is 0 Å². The highest BCUT2D eigenvalue weighted by Gasteiger charge is 2.31. The maximum atomic E-state index is 4.09. The van der Waals surface area contributed by atoms with Crippen LogP contribution < -0.4 is 0 Å². The minimum absolute atomic E-state index is 0.698. The van der Waals surface area contributed by atoms with Gasteiger partial charge >= 0.3 is 0 Å². The summed E-state index contributed by atoms with van der Waals surface area (Å²) in [6.45, 7) is 10.1. The Morgan fingerprint density at radius 2 is 2.00 bits per heavy atom. The molecule has 0 unspecified atom stereocenters. The third-order valence-corrected chi connectivity index (χ3v) is 5.16. The quantitative estimate of drug-likeness (QED) is 0.817. The molecule has 1 aliphatic rings. The molecule has 0 bridgehead atoms. The Kier molecular flexibility index (Phi) is 4.68. The molecule has 3 heterocycles. The lowest BCUT2D eigenvalue weighted by atomic mass is 10.1. The summed E-state index contributed by atoms with van der Waals surface area (Å²) in [5.74, 6) is 0. The Morgan fingerprint density at radius 1 is 1.24 bits per heavy atom. The number of pyridine rings is 1. The lowest BCUT2D eigenvalue weighted by Gasteiger charge is -2.45. The van der Waals surface area contributed by atoms with E-state index < -0.39 is 0 Å².